The third-order valence-corrected chi connectivity index (χ3v) is 5.79. The lowest BCUT2D eigenvalue weighted by molar-refractivity contribution is -0.137. The molecular weight excluding hydrogens is 474 g/mol. The molecule has 1 aliphatic heterocycles. The third kappa shape index (κ3) is 4.37. The molecule has 1 fully saturated rings. The van der Waals surface area contributed by atoms with Crippen LogP contribution in [0.4, 0.5) is 23.7 Å². The summed E-state index contributed by atoms with van der Waals surface area (Å²) in [6.07, 6.45) is -3.18. The van der Waals surface area contributed by atoms with E-state index in [2.05, 4.69) is 0 Å². The quantitative estimate of drug-likeness (QED) is 0.361. The van der Waals surface area contributed by atoms with Gasteiger partial charge in [0.25, 0.3) is 11.1 Å². The summed E-state index contributed by atoms with van der Waals surface area (Å²) in [5, 5.41) is 0.0471. The lowest BCUT2D eigenvalue weighted by atomic mass is 10.1. The molecule has 0 atom stereocenters. The number of carbonyl (C=O) groups excluding carboxylic acids is 2. The van der Waals surface area contributed by atoms with E-state index in [-0.39, 0.29) is 27.0 Å². The Morgan fingerprint density at radius 1 is 0.968 bits per heavy atom. The summed E-state index contributed by atoms with van der Waals surface area (Å²) in [5.74, 6) is -0.267. The Hall–Kier alpha value is -2.68. The van der Waals surface area contributed by atoms with E-state index in [0.29, 0.717) is 10.7 Å². The van der Waals surface area contributed by atoms with Crippen molar-refractivity contribution in [1.82, 2.24) is 0 Å². The summed E-state index contributed by atoms with van der Waals surface area (Å²) in [6.45, 7) is 0. The molecule has 0 saturated carbocycles. The summed E-state index contributed by atoms with van der Waals surface area (Å²) in [6, 6.07) is 12.0. The predicted molar refractivity (Wildman–Crippen MR) is 114 cm³/mol. The van der Waals surface area contributed by atoms with Gasteiger partial charge in [-0.1, -0.05) is 23.2 Å². The second kappa shape index (κ2) is 8.11. The molecule has 1 saturated heterocycles. The Balaban J connectivity index is 1.63. The van der Waals surface area contributed by atoms with Gasteiger partial charge in [0.2, 0.25) is 0 Å². The van der Waals surface area contributed by atoms with Gasteiger partial charge in [-0.15, -0.1) is 0 Å². The lowest BCUT2D eigenvalue weighted by Crippen LogP contribution is -2.27. The van der Waals surface area contributed by atoms with Crippen LogP contribution in [0, 0.1) is 0 Å². The number of hydrogen-bond donors (Lipinski definition) is 0. The van der Waals surface area contributed by atoms with Crippen LogP contribution in [-0.4, -0.2) is 11.1 Å². The molecule has 2 heterocycles. The largest absolute Gasteiger partial charge is 0.457 e. The van der Waals surface area contributed by atoms with Crippen molar-refractivity contribution in [2.45, 2.75) is 6.18 Å². The Morgan fingerprint density at radius 3 is 2.35 bits per heavy atom. The molecule has 3 aromatic rings. The van der Waals surface area contributed by atoms with Crippen molar-refractivity contribution in [1.29, 1.82) is 0 Å². The number of furan rings is 1. The zero-order valence-electron chi connectivity index (χ0n) is 15.2. The average molecular weight is 484 g/mol. The number of benzene rings is 2. The van der Waals surface area contributed by atoms with Gasteiger partial charge < -0.3 is 4.42 Å². The van der Waals surface area contributed by atoms with E-state index < -0.39 is 22.9 Å². The maximum absolute atomic E-state index is 13.0. The summed E-state index contributed by atoms with van der Waals surface area (Å²) < 4.78 is 44.6. The number of halogens is 5. The Morgan fingerprint density at radius 2 is 1.68 bits per heavy atom. The van der Waals surface area contributed by atoms with Gasteiger partial charge in [-0.05, 0) is 66.4 Å². The lowest BCUT2D eigenvalue weighted by Gasteiger charge is -2.12. The van der Waals surface area contributed by atoms with E-state index in [1.807, 2.05) is 0 Å². The molecular formula is C21H10Cl2F3NO3S. The van der Waals surface area contributed by atoms with Crippen LogP contribution in [0.25, 0.3) is 17.4 Å². The van der Waals surface area contributed by atoms with Gasteiger partial charge in [-0.3, -0.25) is 9.59 Å². The predicted octanol–water partition coefficient (Wildman–Crippen LogP) is 7.51. The fourth-order valence-corrected chi connectivity index (χ4v) is 4.03. The van der Waals surface area contributed by atoms with Gasteiger partial charge in [0.05, 0.1) is 21.2 Å². The first-order valence-corrected chi connectivity index (χ1v) is 10.2. The minimum atomic E-state index is -4.53. The topological polar surface area (TPSA) is 50.5 Å². The molecule has 2 aromatic carbocycles. The molecule has 4 nitrogen and oxygen atoms in total. The number of thioether (sulfide) groups is 1. The van der Waals surface area contributed by atoms with Crippen molar-refractivity contribution in [3.8, 4) is 11.3 Å². The minimum Gasteiger partial charge on any atom is -0.457 e. The molecule has 31 heavy (non-hydrogen) atoms. The van der Waals surface area contributed by atoms with Crippen molar-refractivity contribution >= 4 is 57.9 Å². The smallest absolute Gasteiger partial charge is 0.416 e. The summed E-state index contributed by atoms with van der Waals surface area (Å²) >= 11 is 12.6. The fourth-order valence-electron chi connectivity index (χ4n) is 2.88. The number of imide groups is 1. The number of alkyl halides is 3. The van der Waals surface area contributed by atoms with E-state index in [0.717, 1.165) is 34.9 Å². The number of hydrogen-bond acceptors (Lipinski definition) is 4. The first-order chi connectivity index (χ1) is 14.6. The van der Waals surface area contributed by atoms with E-state index in [1.54, 1.807) is 24.3 Å². The van der Waals surface area contributed by atoms with Crippen molar-refractivity contribution in [2.75, 3.05) is 4.90 Å². The Labute approximate surface area is 188 Å². The average Bonchev–Trinajstić information content (AvgIpc) is 3.27. The van der Waals surface area contributed by atoms with Gasteiger partial charge in [0, 0.05) is 16.7 Å². The second-order valence-electron chi connectivity index (χ2n) is 6.39. The maximum Gasteiger partial charge on any atom is 0.416 e. The maximum atomic E-state index is 13.0. The van der Waals surface area contributed by atoms with Crippen LogP contribution in [0.5, 0.6) is 0 Å². The summed E-state index contributed by atoms with van der Waals surface area (Å²) in [7, 11) is 0. The Bertz CT molecular complexity index is 1220. The number of nitrogens with zero attached hydrogens (tertiary/aromatic N) is 1. The van der Waals surface area contributed by atoms with E-state index >= 15 is 0 Å². The van der Waals surface area contributed by atoms with Gasteiger partial charge in [-0.2, -0.15) is 13.2 Å². The van der Waals surface area contributed by atoms with Crippen LogP contribution in [0.3, 0.4) is 0 Å². The first kappa shape index (κ1) is 21.5. The molecule has 1 aromatic heterocycles. The molecule has 0 spiro atoms. The highest BCUT2D eigenvalue weighted by Crippen LogP contribution is 2.39. The molecule has 0 aliphatic carbocycles. The molecule has 2 amide bonds. The van der Waals surface area contributed by atoms with Crippen LogP contribution in [0.2, 0.25) is 10.0 Å². The monoisotopic (exact) mass is 483 g/mol. The molecule has 158 valence electrons. The highest BCUT2D eigenvalue weighted by Gasteiger charge is 2.36. The van der Waals surface area contributed by atoms with Crippen LogP contribution in [-0.2, 0) is 11.0 Å². The van der Waals surface area contributed by atoms with E-state index in [4.69, 9.17) is 27.6 Å². The van der Waals surface area contributed by atoms with E-state index in [1.165, 1.54) is 18.2 Å². The fraction of sp³-hybridized carbons (Fsp3) is 0.0476. The molecule has 0 unspecified atom stereocenters. The molecule has 4 rings (SSSR count). The molecule has 1 aliphatic rings. The number of amides is 2. The van der Waals surface area contributed by atoms with Crippen molar-refractivity contribution < 1.29 is 27.2 Å². The molecule has 0 radical (unpaired) electrons. The van der Waals surface area contributed by atoms with Gasteiger partial charge in [-0.25, -0.2) is 4.90 Å². The highest BCUT2D eigenvalue weighted by atomic mass is 35.5. The second-order valence-corrected chi connectivity index (χ2v) is 8.22. The molecule has 0 bridgehead atoms. The SMILES string of the molecule is O=C1S/C(=C\c2ccc(-c3cc(C(F)(F)F)ccc3Cl)o2)C(=O)N1c1ccc(Cl)cc1. The van der Waals surface area contributed by atoms with Crippen molar-refractivity contribution in [3.63, 3.8) is 0 Å². The van der Waals surface area contributed by atoms with Crippen LogP contribution in [0.15, 0.2) is 63.9 Å². The number of carbonyl (C=O) groups is 2. The van der Waals surface area contributed by atoms with Crippen LogP contribution < -0.4 is 4.90 Å². The summed E-state index contributed by atoms with van der Waals surface area (Å²) in [5.41, 5.74) is -0.439. The Kier molecular flexibility index (Phi) is 5.63. The van der Waals surface area contributed by atoms with Crippen molar-refractivity contribution in [2.24, 2.45) is 0 Å². The van der Waals surface area contributed by atoms with Crippen LogP contribution in [0.1, 0.15) is 11.3 Å². The molecule has 0 N–H and O–H groups in total. The number of rotatable bonds is 3. The zero-order chi connectivity index (χ0) is 22.3. The van der Waals surface area contributed by atoms with Gasteiger partial charge >= 0.3 is 6.18 Å². The minimum absolute atomic E-state index is 0.0606. The highest BCUT2D eigenvalue weighted by molar-refractivity contribution is 8.19. The normalized spacial score (nSPS) is 15.9. The van der Waals surface area contributed by atoms with Crippen molar-refractivity contribution in [3.05, 3.63) is 80.9 Å². The standard InChI is InChI=1S/C21H10Cl2F3NO3S/c22-12-2-4-13(5-3-12)27-19(28)18(31-20(27)29)10-14-6-8-17(30-14)15-9-11(21(24,25)26)1-7-16(15)23/h1-10H/b18-10-. The van der Waals surface area contributed by atoms with E-state index in [9.17, 15) is 22.8 Å². The number of anilines is 1. The van der Waals surface area contributed by atoms with Gasteiger partial charge in [0.15, 0.2) is 0 Å². The zero-order valence-corrected chi connectivity index (χ0v) is 17.6. The summed E-state index contributed by atoms with van der Waals surface area (Å²) in [4.78, 5) is 26.1. The first-order valence-electron chi connectivity index (χ1n) is 8.64. The van der Waals surface area contributed by atoms with Gasteiger partial charge in [0.1, 0.15) is 11.5 Å². The third-order valence-electron chi connectivity index (χ3n) is 4.34. The van der Waals surface area contributed by atoms with Crippen LogP contribution >= 0.6 is 35.0 Å². The molecule has 10 heteroatoms.